The maximum absolute atomic E-state index is 9.14. The predicted molar refractivity (Wildman–Crippen MR) is 94.0 cm³/mol. The number of nitriles is 1. The van der Waals surface area contributed by atoms with Gasteiger partial charge >= 0.3 is 0 Å². The molecule has 0 aliphatic carbocycles. The van der Waals surface area contributed by atoms with Gasteiger partial charge in [-0.05, 0) is 51.1 Å². The molecular formula is C20H24N2. The standard InChI is InChI=1S/C20H24N2/c1-6-19-17(15-21)11-10-12-18(19)16-22(5)14-9-7-8-13-20(2,3)4/h6-7,9-12H,1,14,16H2,2-5H3. The van der Waals surface area contributed by atoms with Gasteiger partial charge in [-0.3, -0.25) is 4.90 Å². The fourth-order valence-electron chi connectivity index (χ4n) is 1.99. The third-order valence-electron chi connectivity index (χ3n) is 3.03. The van der Waals surface area contributed by atoms with Gasteiger partial charge in [-0.15, -0.1) is 0 Å². The summed E-state index contributed by atoms with van der Waals surface area (Å²) in [6, 6.07) is 7.99. The lowest BCUT2D eigenvalue weighted by Crippen LogP contribution is -2.18. The van der Waals surface area contributed by atoms with Gasteiger partial charge in [0.2, 0.25) is 0 Å². The molecule has 1 rings (SSSR count). The highest BCUT2D eigenvalue weighted by Crippen LogP contribution is 2.17. The van der Waals surface area contributed by atoms with Crippen LogP contribution < -0.4 is 0 Å². The van der Waals surface area contributed by atoms with E-state index in [2.05, 4.69) is 56.2 Å². The molecule has 114 valence electrons. The smallest absolute Gasteiger partial charge is 0.0998 e. The van der Waals surface area contributed by atoms with Crippen LogP contribution in [0.5, 0.6) is 0 Å². The van der Waals surface area contributed by atoms with E-state index in [0.29, 0.717) is 5.56 Å². The van der Waals surface area contributed by atoms with Crippen LogP contribution >= 0.6 is 0 Å². The second-order valence-corrected chi connectivity index (χ2v) is 6.31. The van der Waals surface area contributed by atoms with E-state index in [1.165, 1.54) is 0 Å². The molecule has 0 unspecified atom stereocenters. The molecular weight excluding hydrogens is 268 g/mol. The van der Waals surface area contributed by atoms with Crippen molar-refractivity contribution in [2.24, 2.45) is 5.41 Å². The van der Waals surface area contributed by atoms with Crippen LogP contribution in [-0.2, 0) is 6.54 Å². The summed E-state index contributed by atoms with van der Waals surface area (Å²) in [5, 5.41) is 9.14. The van der Waals surface area contributed by atoms with Crippen molar-refractivity contribution in [1.29, 1.82) is 5.26 Å². The van der Waals surface area contributed by atoms with E-state index < -0.39 is 0 Å². The van der Waals surface area contributed by atoms with E-state index >= 15 is 0 Å². The fourth-order valence-corrected chi connectivity index (χ4v) is 1.99. The maximum Gasteiger partial charge on any atom is 0.0998 e. The normalized spacial score (nSPS) is 11.1. The molecule has 0 aliphatic rings. The van der Waals surface area contributed by atoms with Crippen LogP contribution in [0.3, 0.4) is 0 Å². The first kappa shape index (κ1) is 17.8. The molecule has 0 aliphatic heterocycles. The Hall–Kier alpha value is -2.29. The molecule has 0 spiro atoms. The van der Waals surface area contributed by atoms with Gasteiger partial charge in [-0.25, -0.2) is 0 Å². The largest absolute Gasteiger partial charge is 0.298 e. The van der Waals surface area contributed by atoms with Crippen LogP contribution in [0, 0.1) is 28.6 Å². The quantitative estimate of drug-likeness (QED) is 0.759. The van der Waals surface area contributed by atoms with Gasteiger partial charge in [0.1, 0.15) is 0 Å². The van der Waals surface area contributed by atoms with Crippen molar-refractivity contribution in [2.75, 3.05) is 13.6 Å². The Morgan fingerprint density at radius 2 is 2.05 bits per heavy atom. The molecule has 0 saturated heterocycles. The topological polar surface area (TPSA) is 27.0 Å². The number of likely N-dealkylation sites (N-methyl/N-ethyl adjacent to an activating group) is 1. The third-order valence-corrected chi connectivity index (χ3v) is 3.03. The fraction of sp³-hybridized carbons (Fsp3) is 0.350. The first-order valence-electron chi connectivity index (χ1n) is 7.38. The number of rotatable bonds is 5. The second kappa shape index (κ2) is 8.23. The summed E-state index contributed by atoms with van der Waals surface area (Å²) >= 11 is 0. The Morgan fingerprint density at radius 3 is 2.64 bits per heavy atom. The highest BCUT2D eigenvalue weighted by molar-refractivity contribution is 5.60. The van der Waals surface area contributed by atoms with E-state index in [1.807, 2.05) is 31.3 Å². The monoisotopic (exact) mass is 292 g/mol. The van der Waals surface area contributed by atoms with Crippen LogP contribution in [0.1, 0.15) is 37.5 Å². The second-order valence-electron chi connectivity index (χ2n) is 6.31. The van der Waals surface area contributed by atoms with E-state index in [1.54, 1.807) is 6.08 Å². The molecule has 0 amide bonds. The first-order valence-corrected chi connectivity index (χ1v) is 7.38. The zero-order valence-corrected chi connectivity index (χ0v) is 14.0. The minimum absolute atomic E-state index is 0.0346. The molecule has 2 heteroatoms. The average Bonchev–Trinajstić information content (AvgIpc) is 2.45. The molecule has 0 heterocycles. The van der Waals surface area contributed by atoms with Crippen molar-refractivity contribution in [3.63, 3.8) is 0 Å². The molecule has 22 heavy (non-hydrogen) atoms. The molecule has 0 N–H and O–H groups in total. The summed E-state index contributed by atoms with van der Waals surface area (Å²) in [5.74, 6) is 6.24. The van der Waals surface area contributed by atoms with Crippen LogP contribution in [0.25, 0.3) is 6.08 Å². The van der Waals surface area contributed by atoms with E-state index in [-0.39, 0.29) is 5.41 Å². The van der Waals surface area contributed by atoms with Crippen molar-refractivity contribution < 1.29 is 0 Å². The van der Waals surface area contributed by atoms with Crippen molar-refractivity contribution in [3.8, 4) is 17.9 Å². The van der Waals surface area contributed by atoms with Gasteiger partial charge in [-0.1, -0.05) is 42.7 Å². The summed E-state index contributed by atoms with van der Waals surface area (Å²) in [4.78, 5) is 2.18. The van der Waals surface area contributed by atoms with Gasteiger partial charge in [0.05, 0.1) is 11.6 Å². The van der Waals surface area contributed by atoms with E-state index in [0.717, 1.165) is 24.2 Å². The molecule has 0 atom stereocenters. The molecule has 0 fully saturated rings. The number of hydrogen-bond acceptors (Lipinski definition) is 2. The zero-order chi connectivity index (χ0) is 16.6. The molecule has 0 saturated carbocycles. The predicted octanol–water partition coefficient (Wildman–Crippen LogP) is 4.24. The Bertz CT molecular complexity index is 643. The van der Waals surface area contributed by atoms with Crippen LogP contribution in [0.15, 0.2) is 36.9 Å². The van der Waals surface area contributed by atoms with E-state index in [4.69, 9.17) is 5.26 Å². The van der Waals surface area contributed by atoms with Gasteiger partial charge in [0, 0.05) is 18.5 Å². The van der Waals surface area contributed by atoms with Gasteiger partial charge < -0.3 is 0 Å². The minimum atomic E-state index is 0.0346. The summed E-state index contributed by atoms with van der Waals surface area (Å²) in [6.07, 6.45) is 5.72. The SMILES string of the molecule is C=Cc1c(C#N)cccc1CN(C)CC=CC#CC(C)(C)C. The van der Waals surface area contributed by atoms with Crippen LogP contribution in [-0.4, -0.2) is 18.5 Å². The van der Waals surface area contributed by atoms with Gasteiger partial charge in [0.25, 0.3) is 0 Å². The Morgan fingerprint density at radius 1 is 1.32 bits per heavy atom. The summed E-state index contributed by atoms with van der Waals surface area (Å²) in [5.41, 5.74) is 2.75. The maximum atomic E-state index is 9.14. The molecule has 0 aromatic heterocycles. The minimum Gasteiger partial charge on any atom is -0.298 e. The summed E-state index contributed by atoms with van der Waals surface area (Å²) < 4.78 is 0. The van der Waals surface area contributed by atoms with Crippen molar-refractivity contribution in [1.82, 2.24) is 4.90 Å². The third kappa shape index (κ3) is 6.00. The van der Waals surface area contributed by atoms with Gasteiger partial charge in [-0.2, -0.15) is 5.26 Å². The molecule has 1 aromatic rings. The summed E-state index contributed by atoms with van der Waals surface area (Å²) in [7, 11) is 2.05. The first-order chi connectivity index (χ1) is 10.4. The number of hydrogen-bond donors (Lipinski definition) is 0. The average molecular weight is 292 g/mol. The van der Waals surface area contributed by atoms with E-state index in [9.17, 15) is 0 Å². The highest BCUT2D eigenvalue weighted by atomic mass is 15.1. The molecule has 0 radical (unpaired) electrons. The summed E-state index contributed by atoms with van der Waals surface area (Å²) in [6.45, 7) is 11.7. The van der Waals surface area contributed by atoms with Crippen LogP contribution in [0.2, 0.25) is 0 Å². The lowest BCUT2D eigenvalue weighted by atomic mass is 9.98. The van der Waals surface area contributed by atoms with Gasteiger partial charge in [0.15, 0.2) is 0 Å². The molecule has 0 bridgehead atoms. The van der Waals surface area contributed by atoms with Crippen molar-refractivity contribution in [3.05, 3.63) is 53.6 Å². The Balaban J connectivity index is 2.68. The zero-order valence-electron chi connectivity index (χ0n) is 14.0. The lowest BCUT2D eigenvalue weighted by molar-refractivity contribution is 0.363. The van der Waals surface area contributed by atoms with Crippen molar-refractivity contribution in [2.45, 2.75) is 27.3 Å². The number of nitrogens with zero attached hydrogens (tertiary/aromatic N) is 2. The Kier molecular flexibility index (Phi) is 6.64. The van der Waals surface area contributed by atoms with Crippen LogP contribution in [0.4, 0.5) is 0 Å². The van der Waals surface area contributed by atoms with Crippen molar-refractivity contribution >= 4 is 6.08 Å². The molecule has 2 nitrogen and oxygen atoms in total. The lowest BCUT2D eigenvalue weighted by Gasteiger charge is -2.16. The highest BCUT2D eigenvalue weighted by Gasteiger charge is 2.07. The molecule has 1 aromatic carbocycles. The number of benzene rings is 1. The Labute approximate surface area is 134 Å². The number of allylic oxidation sites excluding steroid dienone is 1.